The number of hydrogen-bond acceptors (Lipinski definition) is 7. The highest BCUT2D eigenvalue weighted by atomic mass is 32.2. The third-order valence-corrected chi connectivity index (χ3v) is 7.27. The standard InChI is InChI=1S/C21H20FN3O5S/c22-17-6-3-14(4-7-17)12-31(26,27)25-9-1-2-16(11-25)21-24-23-20(30-21)15-5-8-18-19(10-15)29-13-28-18/h3-8,10,16H,1-2,9,11-13H2. The Morgan fingerprint density at radius 1 is 1.06 bits per heavy atom. The first kappa shape index (κ1) is 20.0. The van der Waals surface area contributed by atoms with Gasteiger partial charge in [0.1, 0.15) is 5.82 Å². The number of halogens is 1. The lowest BCUT2D eigenvalue weighted by molar-refractivity contribution is 0.174. The van der Waals surface area contributed by atoms with Crippen LogP contribution in [0.25, 0.3) is 11.5 Å². The average molecular weight is 445 g/mol. The molecule has 162 valence electrons. The van der Waals surface area contributed by atoms with Crippen LogP contribution in [0, 0.1) is 5.82 Å². The molecule has 0 radical (unpaired) electrons. The maximum atomic E-state index is 13.1. The molecule has 10 heteroatoms. The zero-order chi connectivity index (χ0) is 21.4. The van der Waals surface area contributed by atoms with Gasteiger partial charge in [0.15, 0.2) is 11.5 Å². The maximum Gasteiger partial charge on any atom is 0.247 e. The van der Waals surface area contributed by atoms with E-state index < -0.39 is 15.8 Å². The predicted molar refractivity (Wildman–Crippen MR) is 108 cm³/mol. The molecule has 1 atom stereocenters. The molecular formula is C21H20FN3O5S. The normalized spacial score (nSPS) is 18.9. The van der Waals surface area contributed by atoms with Gasteiger partial charge in [-0.3, -0.25) is 0 Å². The van der Waals surface area contributed by atoms with E-state index >= 15 is 0 Å². The summed E-state index contributed by atoms with van der Waals surface area (Å²) in [4.78, 5) is 0. The highest BCUT2D eigenvalue weighted by molar-refractivity contribution is 7.88. The minimum absolute atomic E-state index is 0.174. The first-order chi connectivity index (χ1) is 15.0. The number of rotatable bonds is 5. The zero-order valence-electron chi connectivity index (χ0n) is 16.5. The van der Waals surface area contributed by atoms with E-state index in [1.54, 1.807) is 12.1 Å². The van der Waals surface area contributed by atoms with E-state index in [0.29, 0.717) is 47.4 Å². The van der Waals surface area contributed by atoms with Gasteiger partial charge in [0.05, 0.1) is 11.7 Å². The highest BCUT2D eigenvalue weighted by Crippen LogP contribution is 2.36. The van der Waals surface area contributed by atoms with Gasteiger partial charge in [0.2, 0.25) is 28.6 Å². The van der Waals surface area contributed by atoms with E-state index in [4.69, 9.17) is 13.9 Å². The monoisotopic (exact) mass is 445 g/mol. The number of benzene rings is 2. The second-order valence-corrected chi connectivity index (χ2v) is 9.56. The molecule has 1 unspecified atom stereocenters. The molecule has 5 rings (SSSR count). The van der Waals surface area contributed by atoms with E-state index in [2.05, 4.69) is 10.2 Å². The predicted octanol–water partition coefficient (Wildman–Crippen LogP) is 3.31. The van der Waals surface area contributed by atoms with E-state index in [-0.39, 0.29) is 25.0 Å². The third kappa shape index (κ3) is 4.13. The summed E-state index contributed by atoms with van der Waals surface area (Å²) in [5.74, 6) is 1.28. The molecule has 2 aromatic carbocycles. The first-order valence-corrected chi connectivity index (χ1v) is 11.5. The molecule has 3 aromatic rings. The minimum atomic E-state index is -3.55. The SMILES string of the molecule is O=S(=O)(Cc1ccc(F)cc1)N1CCCC(c2nnc(-c3ccc4c(c3)OCO4)o2)C1. The fraction of sp³-hybridized carbons (Fsp3) is 0.333. The Hall–Kier alpha value is -2.98. The minimum Gasteiger partial charge on any atom is -0.454 e. The Balaban J connectivity index is 1.31. The highest BCUT2D eigenvalue weighted by Gasteiger charge is 2.32. The summed E-state index contributed by atoms with van der Waals surface area (Å²) < 4.78 is 56.9. The number of piperidine rings is 1. The molecule has 1 saturated heterocycles. The number of sulfonamides is 1. The molecule has 0 spiro atoms. The molecule has 31 heavy (non-hydrogen) atoms. The molecule has 0 bridgehead atoms. The van der Waals surface area contributed by atoms with Gasteiger partial charge in [-0.05, 0) is 48.7 Å². The Bertz CT molecular complexity index is 1200. The average Bonchev–Trinajstić information content (AvgIpc) is 3.44. The summed E-state index contributed by atoms with van der Waals surface area (Å²) >= 11 is 0. The van der Waals surface area contributed by atoms with Crippen LogP contribution < -0.4 is 9.47 Å². The molecule has 1 fully saturated rings. The summed E-state index contributed by atoms with van der Waals surface area (Å²) in [7, 11) is -3.55. The lowest BCUT2D eigenvalue weighted by atomic mass is 10.00. The first-order valence-electron chi connectivity index (χ1n) is 9.94. The second kappa shape index (κ2) is 7.93. The van der Waals surface area contributed by atoms with Gasteiger partial charge in [-0.2, -0.15) is 0 Å². The smallest absolute Gasteiger partial charge is 0.247 e. The molecule has 2 aliphatic rings. The van der Waals surface area contributed by atoms with Gasteiger partial charge in [-0.1, -0.05) is 12.1 Å². The molecule has 3 heterocycles. The quantitative estimate of drug-likeness (QED) is 0.595. The topological polar surface area (TPSA) is 94.8 Å². The van der Waals surface area contributed by atoms with Crippen LogP contribution in [-0.4, -0.2) is 42.8 Å². The van der Waals surface area contributed by atoms with E-state index in [0.717, 1.165) is 6.42 Å². The van der Waals surface area contributed by atoms with Gasteiger partial charge < -0.3 is 13.9 Å². The van der Waals surface area contributed by atoms with Crippen molar-refractivity contribution in [3.8, 4) is 23.0 Å². The number of aromatic nitrogens is 2. The summed E-state index contributed by atoms with van der Waals surface area (Å²) in [6, 6.07) is 10.9. The van der Waals surface area contributed by atoms with Gasteiger partial charge in [-0.25, -0.2) is 17.1 Å². The largest absolute Gasteiger partial charge is 0.454 e. The van der Waals surface area contributed by atoms with Crippen molar-refractivity contribution in [2.75, 3.05) is 19.9 Å². The molecule has 8 nitrogen and oxygen atoms in total. The third-order valence-electron chi connectivity index (χ3n) is 5.45. The summed E-state index contributed by atoms with van der Waals surface area (Å²) in [5.41, 5.74) is 1.26. The van der Waals surface area contributed by atoms with Crippen molar-refractivity contribution in [2.24, 2.45) is 0 Å². The van der Waals surface area contributed by atoms with Gasteiger partial charge >= 0.3 is 0 Å². The van der Waals surface area contributed by atoms with Crippen molar-refractivity contribution in [1.29, 1.82) is 0 Å². The Morgan fingerprint density at radius 3 is 2.71 bits per heavy atom. The van der Waals surface area contributed by atoms with Crippen molar-refractivity contribution in [3.63, 3.8) is 0 Å². The molecule has 0 aliphatic carbocycles. The number of hydrogen-bond donors (Lipinski definition) is 0. The Labute approximate surface area is 178 Å². The summed E-state index contributed by atoms with van der Waals surface area (Å²) in [6.07, 6.45) is 1.44. The lowest BCUT2D eigenvalue weighted by Gasteiger charge is -2.30. The summed E-state index contributed by atoms with van der Waals surface area (Å²) in [5, 5.41) is 8.30. The van der Waals surface area contributed by atoms with Crippen LogP contribution in [0.1, 0.15) is 30.2 Å². The Morgan fingerprint density at radius 2 is 1.87 bits per heavy atom. The summed E-state index contributed by atoms with van der Waals surface area (Å²) in [6.45, 7) is 0.883. The van der Waals surface area contributed by atoms with Crippen LogP contribution in [-0.2, 0) is 15.8 Å². The van der Waals surface area contributed by atoms with Crippen molar-refractivity contribution in [2.45, 2.75) is 24.5 Å². The lowest BCUT2D eigenvalue weighted by Crippen LogP contribution is -2.39. The second-order valence-electron chi connectivity index (χ2n) is 7.59. The molecular weight excluding hydrogens is 425 g/mol. The van der Waals surface area contributed by atoms with E-state index in [1.165, 1.54) is 28.6 Å². The fourth-order valence-corrected chi connectivity index (χ4v) is 5.44. The molecule has 0 saturated carbocycles. The van der Waals surface area contributed by atoms with Crippen molar-refractivity contribution in [3.05, 3.63) is 59.7 Å². The Kier molecular flexibility index (Phi) is 5.11. The van der Waals surface area contributed by atoms with Crippen LogP contribution in [0.2, 0.25) is 0 Å². The molecule has 0 amide bonds. The number of ether oxygens (including phenoxy) is 2. The van der Waals surface area contributed by atoms with Crippen molar-refractivity contribution >= 4 is 10.0 Å². The molecule has 2 aliphatic heterocycles. The van der Waals surface area contributed by atoms with Crippen molar-refractivity contribution in [1.82, 2.24) is 14.5 Å². The van der Waals surface area contributed by atoms with E-state index in [9.17, 15) is 12.8 Å². The van der Waals surface area contributed by atoms with Gasteiger partial charge in [-0.15, -0.1) is 10.2 Å². The maximum absolute atomic E-state index is 13.1. The van der Waals surface area contributed by atoms with Crippen LogP contribution in [0.4, 0.5) is 4.39 Å². The molecule has 1 aromatic heterocycles. The van der Waals surface area contributed by atoms with Crippen LogP contribution in [0.5, 0.6) is 11.5 Å². The number of nitrogens with zero attached hydrogens (tertiary/aromatic N) is 3. The van der Waals surface area contributed by atoms with Gasteiger partial charge in [0.25, 0.3) is 0 Å². The van der Waals surface area contributed by atoms with Crippen LogP contribution >= 0.6 is 0 Å². The zero-order valence-corrected chi connectivity index (χ0v) is 17.3. The van der Waals surface area contributed by atoms with Crippen molar-refractivity contribution < 1.29 is 26.7 Å². The van der Waals surface area contributed by atoms with Crippen LogP contribution in [0.15, 0.2) is 46.9 Å². The van der Waals surface area contributed by atoms with Crippen LogP contribution in [0.3, 0.4) is 0 Å². The fourth-order valence-electron chi connectivity index (χ4n) is 3.82. The number of fused-ring (bicyclic) bond motifs is 1. The molecule has 0 N–H and O–H groups in total. The van der Waals surface area contributed by atoms with E-state index in [1.807, 2.05) is 6.07 Å². The van der Waals surface area contributed by atoms with Gasteiger partial charge in [0, 0.05) is 18.7 Å².